The molecule has 10 heteroatoms. The molecule has 22 heavy (non-hydrogen) atoms. The number of hydrogen-bond donors (Lipinski definition) is 0. The number of aryl methyl sites for hydroxylation is 1. The lowest BCUT2D eigenvalue weighted by atomic mass is 10.2. The third-order valence-electron chi connectivity index (χ3n) is 2.29. The highest BCUT2D eigenvalue weighted by Crippen LogP contribution is 2.39. The summed E-state index contributed by atoms with van der Waals surface area (Å²) in [5, 5.41) is 0. The van der Waals surface area contributed by atoms with E-state index < -0.39 is 15.6 Å². The van der Waals surface area contributed by atoms with Gasteiger partial charge in [0.15, 0.2) is 0 Å². The lowest BCUT2D eigenvalue weighted by Crippen LogP contribution is -2.23. The molecule has 2 aromatic rings. The van der Waals surface area contributed by atoms with Crippen molar-refractivity contribution >= 4 is 45.3 Å². The van der Waals surface area contributed by atoms with Crippen LogP contribution in [-0.4, -0.2) is 13.9 Å². The highest BCUT2D eigenvalue weighted by molar-refractivity contribution is 8.06. The van der Waals surface area contributed by atoms with E-state index in [1.165, 1.54) is 17.8 Å². The predicted octanol–water partition coefficient (Wildman–Crippen LogP) is 5.08. The van der Waals surface area contributed by atoms with E-state index in [9.17, 15) is 21.6 Å². The van der Waals surface area contributed by atoms with Crippen LogP contribution in [0.15, 0.2) is 49.7 Å². The van der Waals surface area contributed by atoms with Gasteiger partial charge in [-0.3, -0.25) is 0 Å². The Kier molecular flexibility index (Phi) is 5.49. The molecule has 0 fully saturated rings. The van der Waals surface area contributed by atoms with Crippen molar-refractivity contribution in [3.05, 3.63) is 42.0 Å². The molecular weight excluding hydrogens is 377 g/mol. The summed E-state index contributed by atoms with van der Waals surface area (Å²) in [4.78, 5) is 0.979. The van der Waals surface area contributed by atoms with Crippen LogP contribution in [0.5, 0.6) is 0 Å². The van der Waals surface area contributed by atoms with Crippen molar-refractivity contribution in [1.82, 2.24) is 0 Å². The van der Waals surface area contributed by atoms with Gasteiger partial charge >= 0.3 is 15.6 Å². The van der Waals surface area contributed by atoms with Gasteiger partial charge in [-0.25, -0.2) is 0 Å². The Morgan fingerprint density at radius 2 is 1.64 bits per heavy atom. The molecule has 0 saturated heterocycles. The molecule has 0 saturated carbocycles. The van der Waals surface area contributed by atoms with E-state index in [-0.39, 0.29) is 12.0 Å². The van der Waals surface area contributed by atoms with Crippen molar-refractivity contribution in [2.45, 2.75) is 25.7 Å². The minimum Gasteiger partial charge on any atom is -0.189 e. The first-order valence-electron chi connectivity index (χ1n) is 5.69. The molecule has 0 atom stereocenters. The molecule has 1 heterocycles. The first-order chi connectivity index (χ1) is 10.2. The number of hydrogen-bond acceptors (Lipinski definition) is 6. The molecular formula is C12H9F3O3S4. The third-order valence-corrected chi connectivity index (χ3v) is 6.62. The average molecular weight is 386 g/mol. The van der Waals surface area contributed by atoms with Gasteiger partial charge in [0.25, 0.3) is 0 Å². The number of alkyl halides is 3. The molecule has 0 aliphatic carbocycles. The number of rotatable bonds is 5. The number of halogens is 3. The van der Waals surface area contributed by atoms with E-state index in [1.54, 1.807) is 6.07 Å². The second kappa shape index (κ2) is 6.83. The van der Waals surface area contributed by atoms with Crippen LogP contribution in [0, 0.1) is 6.92 Å². The molecule has 0 N–H and O–H groups in total. The predicted molar refractivity (Wildman–Crippen MR) is 81.5 cm³/mol. The molecule has 120 valence electrons. The molecule has 0 aliphatic rings. The van der Waals surface area contributed by atoms with E-state index in [4.69, 9.17) is 0 Å². The van der Waals surface area contributed by atoms with Gasteiger partial charge in [-0.15, -0.1) is 11.3 Å². The molecule has 0 spiro atoms. The monoisotopic (exact) mass is 386 g/mol. The largest absolute Gasteiger partial charge is 0.524 e. The zero-order valence-electron chi connectivity index (χ0n) is 11.0. The Morgan fingerprint density at radius 3 is 2.23 bits per heavy atom. The standard InChI is InChI=1S/C12H9F3O3S4/c1-8-2-4-9(5-3-8)19-10-6-7-11(20-10)21-18-22(16,17)12(13,14)15/h2-7H,1H3. The van der Waals surface area contributed by atoms with Crippen molar-refractivity contribution in [2.24, 2.45) is 0 Å². The Morgan fingerprint density at radius 1 is 1.05 bits per heavy atom. The van der Waals surface area contributed by atoms with Crippen LogP contribution in [-0.2, 0) is 13.7 Å². The first-order valence-corrected chi connectivity index (χ1v) is 9.47. The molecule has 2 rings (SSSR count). The average Bonchev–Trinajstić information content (AvgIpc) is 2.86. The van der Waals surface area contributed by atoms with Gasteiger partial charge in [0.05, 0.1) is 20.5 Å². The summed E-state index contributed by atoms with van der Waals surface area (Å²) in [5.41, 5.74) is -4.30. The summed E-state index contributed by atoms with van der Waals surface area (Å²) in [6.45, 7) is 1.97. The normalized spacial score (nSPS) is 12.5. The Balaban J connectivity index is 1.99. The second-order valence-electron chi connectivity index (χ2n) is 4.04. The minimum absolute atomic E-state index is 0.185. The summed E-state index contributed by atoms with van der Waals surface area (Å²) in [7, 11) is -5.59. The molecule has 0 bridgehead atoms. The van der Waals surface area contributed by atoms with E-state index in [1.807, 2.05) is 31.2 Å². The van der Waals surface area contributed by atoms with E-state index in [0.717, 1.165) is 26.0 Å². The number of benzene rings is 1. The molecule has 1 aromatic heterocycles. The maximum atomic E-state index is 12.1. The maximum Gasteiger partial charge on any atom is 0.524 e. The van der Waals surface area contributed by atoms with Crippen LogP contribution < -0.4 is 0 Å². The van der Waals surface area contributed by atoms with Gasteiger partial charge in [0.1, 0.15) is 0 Å². The first kappa shape index (κ1) is 17.7. The number of thiophene rings is 1. The lowest BCUT2D eigenvalue weighted by molar-refractivity contribution is -0.0494. The van der Waals surface area contributed by atoms with Crippen LogP contribution in [0.3, 0.4) is 0 Å². The lowest BCUT2D eigenvalue weighted by Gasteiger charge is -2.05. The van der Waals surface area contributed by atoms with Crippen LogP contribution in [0.1, 0.15) is 5.56 Å². The molecule has 1 aromatic carbocycles. The van der Waals surface area contributed by atoms with Gasteiger partial charge in [0.2, 0.25) is 0 Å². The highest BCUT2D eigenvalue weighted by atomic mass is 32.3. The van der Waals surface area contributed by atoms with Gasteiger partial charge in [-0.1, -0.05) is 29.5 Å². The van der Waals surface area contributed by atoms with E-state index >= 15 is 0 Å². The van der Waals surface area contributed by atoms with Gasteiger partial charge in [0, 0.05) is 4.90 Å². The van der Waals surface area contributed by atoms with Crippen LogP contribution in [0.2, 0.25) is 0 Å². The zero-order valence-corrected chi connectivity index (χ0v) is 14.2. The third kappa shape index (κ3) is 4.66. The summed E-state index contributed by atoms with van der Waals surface area (Å²) >= 11 is 2.77. The van der Waals surface area contributed by atoms with Crippen LogP contribution in [0.4, 0.5) is 13.2 Å². The van der Waals surface area contributed by atoms with Gasteiger partial charge in [-0.2, -0.15) is 25.2 Å². The van der Waals surface area contributed by atoms with Crippen molar-refractivity contribution in [1.29, 1.82) is 0 Å². The fraction of sp³-hybridized carbons (Fsp3) is 0.167. The van der Waals surface area contributed by atoms with Gasteiger partial charge in [-0.05, 0) is 31.2 Å². The SMILES string of the molecule is Cc1ccc(Sc2ccc(SOS(=O)(=O)C(F)(F)F)s2)cc1. The van der Waals surface area contributed by atoms with Crippen LogP contribution in [0.25, 0.3) is 0 Å². The molecule has 3 nitrogen and oxygen atoms in total. The molecule has 0 radical (unpaired) electrons. The summed E-state index contributed by atoms with van der Waals surface area (Å²) in [5.74, 6) is 0. The minimum atomic E-state index is -5.59. The smallest absolute Gasteiger partial charge is 0.189 e. The summed E-state index contributed by atoms with van der Waals surface area (Å²) in [6, 6.07) is 11.0. The van der Waals surface area contributed by atoms with Crippen molar-refractivity contribution in [3.8, 4) is 0 Å². The summed E-state index contributed by atoms with van der Waals surface area (Å²) < 4.78 is 63.0. The molecule has 0 aliphatic heterocycles. The van der Waals surface area contributed by atoms with Crippen molar-refractivity contribution in [3.63, 3.8) is 0 Å². The molecule has 0 unspecified atom stereocenters. The van der Waals surface area contributed by atoms with Crippen LogP contribution >= 0.6 is 35.1 Å². The highest BCUT2D eigenvalue weighted by Gasteiger charge is 2.48. The fourth-order valence-electron chi connectivity index (χ4n) is 1.24. The Labute approximate surface area is 138 Å². The van der Waals surface area contributed by atoms with E-state index in [2.05, 4.69) is 3.63 Å². The second-order valence-corrected chi connectivity index (χ2v) is 9.28. The van der Waals surface area contributed by atoms with E-state index in [0.29, 0.717) is 4.21 Å². The maximum absolute atomic E-state index is 12.1. The Bertz CT molecular complexity index is 736. The Hall–Kier alpha value is -0.680. The summed E-state index contributed by atoms with van der Waals surface area (Å²) in [6.07, 6.45) is 0. The quantitative estimate of drug-likeness (QED) is 0.529. The fourth-order valence-corrected chi connectivity index (χ4v) is 4.95. The zero-order chi connectivity index (χ0) is 16.4. The van der Waals surface area contributed by atoms with Gasteiger partial charge < -0.3 is 0 Å². The van der Waals surface area contributed by atoms with Crippen molar-refractivity contribution < 1.29 is 25.2 Å². The molecule has 0 amide bonds. The topological polar surface area (TPSA) is 43.4 Å². The van der Waals surface area contributed by atoms with Crippen molar-refractivity contribution in [2.75, 3.05) is 0 Å².